The summed E-state index contributed by atoms with van der Waals surface area (Å²) in [5, 5.41) is 14.5. The monoisotopic (exact) mass is 637 g/mol. The topological polar surface area (TPSA) is 85.5 Å². The van der Waals surface area contributed by atoms with Gasteiger partial charge in [-0.25, -0.2) is 0 Å². The average Bonchev–Trinajstić information content (AvgIpc) is 3.84. The minimum Gasteiger partial charge on any atom is -0.357 e. The Hall–Kier alpha value is -3.46. The fourth-order valence-electron chi connectivity index (χ4n) is 7.16. The third-order valence-corrected chi connectivity index (χ3v) is 16.6. The molecule has 4 N–H and O–H groups in total. The van der Waals surface area contributed by atoms with Gasteiger partial charge in [-0.15, -0.1) is 0 Å². The molecule has 0 radical (unpaired) electrons. The SMILES string of the molecule is CC(C)(C)[Si](C)(C)c1ccc(N2[C@@H](c3ccc(NC(=O)[C@@H]4CCCN4)cc3)CC[C@H]2c2ccc(NC(=O)[C@@H]3CCCN3)cc2)cc1. The number of carbonyl (C=O) groups excluding carboxylic acids is 2. The van der Waals surface area contributed by atoms with Crippen LogP contribution in [0.1, 0.15) is 82.5 Å². The Morgan fingerprint density at radius 3 is 1.48 bits per heavy atom. The van der Waals surface area contributed by atoms with Crippen molar-refractivity contribution in [3.63, 3.8) is 0 Å². The van der Waals surface area contributed by atoms with Gasteiger partial charge in [-0.05, 0) is 104 Å². The van der Waals surface area contributed by atoms with Crippen LogP contribution in [0, 0.1) is 0 Å². The molecule has 3 aromatic rings. The standard InChI is InChI=1S/C38H51N5O2Si/c1-38(2,3)46(4,5)31-20-18-30(19-21-31)43-34(26-10-14-28(15-11-26)41-36(44)32-8-6-24-39-32)22-23-35(43)27-12-16-29(17-13-27)42-37(45)33-9-7-25-40-33/h10-21,32-35,39-40H,6-9,22-25H2,1-5H3,(H,41,44)(H,42,45)/t32-,33-,34-,35+/m0/s1. The van der Waals surface area contributed by atoms with E-state index in [0.29, 0.717) is 0 Å². The Labute approximate surface area is 275 Å². The Bertz CT molecular complexity index is 1420. The molecular weight excluding hydrogens is 587 g/mol. The molecule has 3 saturated heterocycles. The predicted octanol–water partition coefficient (Wildman–Crippen LogP) is 6.87. The third-order valence-electron chi connectivity index (χ3n) is 11.0. The summed E-state index contributed by atoms with van der Waals surface area (Å²) in [5.41, 5.74) is 5.41. The van der Waals surface area contributed by atoms with Gasteiger partial charge in [-0.3, -0.25) is 9.59 Å². The van der Waals surface area contributed by atoms with Gasteiger partial charge in [-0.2, -0.15) is 0 Å². The Balaban J connectivity index is 1.25. The number of carbonyl (C=O) groups is 2. The second kappa shape index (κ2) is 13.3. The zero-order valence-corrected chi connectivity index (χ0v) is 29.2. The molecule has 0 aliphatic carbocycles. The molecule has 3 aliphatic heterocycles. The first kappa shape index (κ1) is 32.5. The molecule has 7 nitrogen and oxygen atoms in total. The van der Waals surface area contributed by atoms with Gasteiger partial charge in [0, 0.05) is 17.1 Å². The first-order valence-electron chi connectivity index (χ1n) is 17.2. The van der Waals surface area contributed by atoms with Gasteiger partial charge in [0.1, 0.15) is 0 Å². The molecule has 3 aromatic carbocycles. The fraction of sp³-hybridized carbons (Fsp3) is 0.474. The highest BCUT2D eigenvalue weighted by Crippen LogP contribution is 2.47. The fourth-order valence-corrected chi connectivity index (χ4v) is 9.03. The lowest BCUT2D eigenvalue weighted by molar-refractivity contribution is -0.118. The van der Waals surface area contributed by atoms with E-state index in [4.69, 9.17) is 0 Å². The van der Waals surface area contributed by atoms with Crippen LogP contribution >= 0.6 is 0 Å². The summed E-state index contributed by atoms with van der Waals surface area (Å²) in [6.07, 6.45) is 5.92. The van der Waals surface area contributed by atoms with Crippen molar-refractivity contribution >= 4 is 42.1 Å². The molecule has 3 fully saturated rings. The van der Waals surface area contributed by atoms with Gasteiger partial charge in [-0.1, -0.05) is 75.5 Å². The third kappa shape index (κ3) is 6.80. The molecule has 4 atom stereocenters. The molecule has 6 rings (SSSR count). The molecule has 244 valence electrons. The number of amides is 2. The van der Waals surface area contributed by atoms with E-state index in [1.54, 1.807) is 0 Å². The number of hydrogen-bond donors (Lipinski definition) is 4. The van der Waals surface area contributed by atoms with Crippen molar-refractivity contribution in [3.8, 4) is 0 Å². The Morgan fingerprint density at radius 1 is 0.674 bits per heavy atom. The molecule has 46 heavy (non-hydrogen) atoms. The van der Waals surface area contributed by atoms with Gasteiger partial charge in [0.2, 0.25) is 11.8 Å². The van der Waals surface area contributed by atoms with Crippen LogP contribution in [0.4, 0.5) is 17.1 Å². The lowest BCUT2D eigenvalue weighted by atomic mass is 10.0. The zero-order valence-electron chi connectivity index (χ0n) is 28.2. The molecule has 0 bridgehead atoms. The largest absolute Gasteiger partial charge is 0.357 e. The van der Waals surface area contributed by atoms with Gasteiger partial charge in [0.15, 0.2) is 0 Å². The van der Waals surface area contributed by atoms with Crippen molar-refractivity contribution in [1.29, 1.82) is 0 Å². The van der Waals surface area contributed by atoms with Gasteiger partial charge < -0.3 is 26.2 Å². The van der Waals surface area contributed by atoms with E-state index < -0.39 is 8.07 Å². The Kier molecular flexibility index (Phi) is 9.42. The van der Waals surface area contributed by atoms with Crippen LogP contribution in [0.15, 0.2) is 72.8 Å². The van der Waals surface area contributed by atoms with E-state index in [9.17, 15) is 9.59 Å². The van der Waals surface area contributed by atoms with Gasteiger partial charge in [0.25, 0.3) is 0 Å². The van der Waals surface area contributed by atoms with Crippen LogP contribution < -0.4 is 31.4 Å². The highest BCUT2D eigenvalue weighted by molar-refractivity contribution is 6.92. The lowest BCUT2D eigenvalue weighted by Crippen LogP contribution is -2.49. The molecule has 2 amide bonds. The number of anilines is 3. The first-order valence-corrected chi connectivity index (χ1v) is 20.2. The number of hydrogen-bond acceptors (Lipinski definition) is 5. The second-order valence-electron chi connectivity index (χ2n) is 15.0. The van der Waals surface area contributed by atoms with E-state index in [2.05, 4.69) is 109 Å². The summed E-state index contributed by atoms with van der Waals surface area (Å²) in [5.74, 6) is 0.0996. The molecule has 0 saturated carbocycles. The van der Waals surface area contributed by atoms with Crippen molar-refractivity contribution < 1.29 is 9.59 Å². The minimum atomic E-state index is -1.66. The summed E-state index contributed by atoms with van der Waals surface area (Å²) in [6.45, 7) is 13.8. The highest BCUT2D eigenvalue weighted by atomic mass is 28.3. The summed E-state index contributed by atoms with van der Waals surface area (Å²) >= 11 is 0. The maximum absolute atomic E-state index is 12.7. The number of rotatable bonds is 8. The van der Waals surface area contributed by atoms with Crippen molar-refractivity contribution in [2.75, 3.05) is 28.6 Å². The summed E-state index contributed by atoms with van der Waals surface area (Å²) in [4.78, 5) is 28.0. The maximum atomic E-state index is 12.7. The van der Waals surface area contributed by atoms with Crippen molar-refractivity contribution in [1.82, 2.24) is 10.6 Å². The summed E-state index contributed by atoms with van der Waals surface area (Å²) in [6, 6.07) is 26.5. The number of benzene rings is 3. The summed E-state index contributed by atoms with van der Waals surface area (Å²) in [7, 11) is -1.66. The van der Waals surface area contributed by atoms with Gasteiger partial charge >= 0.3 is 0 Å². The number of nitrogens with zero attached hydrogens (tertiary/aromatic N) is 1. The highest BCUT2D eigenvalue weighted by Gasteiger charge is 2.38. The smallest absolute Gasteiger partial charge is 0.241 e. The Morgan fingerprint density at radius 2 is 1.11 bits per heavy atom. The van der Waals surface area contributed by atoms with Gasteiger partial charge in [0.05, 0.1) is 32.2 Å². The van der Waals surface area contributed by atoms with Crippen LogP contribution in [0.2, 0.25) is 18.1 Å². The molecule has 0 aromatic heterocycles. The van der Waals surface area contributed by atoms with Crippen molar-refractivity contribution in [3.05, 3.63) is 83.9 Å². The average molecular weight is 638 g/mol. The molecule has 3 aliphatic rings. The summed E-state index contributed by atoms with van der Waals surface area (Å²) < 4.78 is 0. The maximum Gasteiger partial charge on any atom is 0.241 e. The predicted molar refractivity (Wildman–Crippen MR) is 193 cm³/mol. The van der Waals surface area contributed by atoms with Crippen LogP contribution in [0.3, 0.4) is 0 Å². The van der Waals surface area contributed by atoms with Crippen LogP contribution in [0.25, 0.3) is 0 Å². The van der Waals surface area contributed by atoms with Crippen LogP contribution in [-0.4, -0.2) is 45.1 Å². The quantitative estimate of drug-likeness (QED) is 0.203. The molecule has 3 heterocycles. The van der Waals surface area contributed by atoms with E-state index in [1.807, 2.05) is 24.3 Å². The van der Waals surface area contributed by atoms with Crippen molar-refractivity contribution in [2.24, 2.45) is 0 Å². The molecule has 8 heteroatoms. The van der Waals surface area contributed by atoms with Crippen LogP contribution in [0.5, 0.6) is 0 Å². The molecular formula is C38H51N5O2Si. The van der Waals surface area contributed by atoms with E-state index >= 15 is 0 Å². The van der Waals surface area contributed by atoms with Crippen molar-refractivity contribution in [2.45, 2.75) is 102 Å². The first-order chi connectivity index (χ1) is 22.0. The second-order valence-corrected chi connectivity index (χ2v) is 20.3. The molecule has 0 unspecified atom stereocenters. The van der Waals surface area contributed by atoms with E-state index in [-0.39, 0.29) is 41.0 Å². The normalized spacial score (nSPS) is 23.5. The number of nitrogens with one attached hydrogen (secondary N) is 4. The minimum absolute atomic E-state index is 0.0498. The van der Waals surface area contributed by atoms with E-state index in [0.717, 1.165) is 63.0 Å². The lowest BCUT2D eigenvalue weighted by Gasteiger charge is -2.38. The van der Waals surface area contributed by atoms with E-state index in [1.165, 1.54) is 22.0 Å². The van der Waals surface area contributed by atoms with Crippen LogP contribution in [-0.2, 0) is 9.59 Å². The zero-order chi connectivity index (χ0) is 32.5. The molecule has 0 spiro atoms.